The van der Waals surface area contributed by atoms with Gasteiger partial charge in [0.1, 0.15) is 84.9 Å². The van der Waals surface area contributed by atoms with Crippen molar-refractivity contribution in [2.24, 2.45) is 50.6 Å². The number of guanidine groups is 1. The molecule has 15 atom stereocenters. The number of ketones is 1. The van der Waals surface area contributed by atoms with E-state index in [-0.39, 0.29) is 51.6 Å². The number of likely N-dealkylation sites (N-methyl/N-ethyl adjacent to an activating group) is 2. The van der Waals surface area contributed by atoms with Crippen molar-refractivity contribution >= 4 is 128 Å². The van der Waals surface area contributed by atoms with Gasteiger partial charge in [-0.2, -0.15) is 8.42 Å². The highest BCUT2D eigenvalue weighted by atomic mass is 32.2. The van der Waals surface area contributed by atoms with Crippen molar-refractivity contribution in [1.29, 1.82) is 0 Å². The fourth-order valence-corrected chi connectivity index (χ4v) is 14.6. The maximum absolute atomic E-state index is 15.5. The van der Waals surface area contributed by atoms with Crippen LogP contribution in [0, 0.1) is 22.7 Å². The third-order valence-electron chi connectivity index (χ3n) is 21.1. The Bertz CT molecular complexity index is 4400. The van der Waals surface area contributed by atoms with E-state index in [1.165, 1.54) is 11.8 Å². The molecule has 2 aliphatic rings. The van der Waals surface area contributed by atoms with Crippen LogP contribution in [0.2, 0.25) is 0 Å². The van der Waals surface area contributed by atoms with Gasteiger partial charge in [-0.3, -0.25) is 91.1 Å². The molecule has 0 spiro atoms. The van der Waals surface area contributed by atoms with E-state index in [1.807, 2.05) is 0 Å². The van der Waals surface area contributed by atoms with Crippen molar-refractivity contribution in [2.45, 2.75) is 238 Å². The summed E-state index contributed by atoms with van der Waals surface area (Å²) in [6.45, 7) is 15.8. The second kappa shape index (κ2) is 45.1. The third kappa shape index (κ3) is 30.2. The van der Waals surface area contributed by atoms with Gasteiger partial charge in [-0.15, -0.1) is 0 Å². The lowest BCUT2D eigenvalue weighted by Gasteiger charge is -2.37. The smallest absolute Gasteiger partial charge is 0.325 e. The van der Waals surface area contributed by atoms with E-state index in [1.54, 1.807) is 116 Å². The van der Waals surface area contributed by atoms with Crippen LogP contribution < -0.4 is 76.1 Å². The molecule has 121 heavy (non-hydrogen) atoms. The lowest BCUT2D eigenvalue weighted by Crippen LogP contribution is -2.63. The number of nitrogens with one attached hydrogen (secondary N) is 11. The zero-order valence-electron chi connectivity index (χ0n) is 70.5. The maximum atomic E-state index is 15.5. The number of hydrogen-bond acceptors (Lipinski definition) is 22. The molecular weight excluding hydrogens is 1600 g/mol. The van der Waals surface area contributed by atoms with Crippen LogP contribution in [0.4, 0.5) is 0 Å². The van der Waals surface area contributed by atoms with Crippen molar-refractivity contribution in [2.75, 3.05) is 39.5 Å². The van der Waals surface area contributed by atoms with Crippen molar-refractivity contribution in [3.05, 3.63) is 71.9 Å². The van der Waals surface area contributed by atoms with Crippen molar-refractivity contribution in [3.63, 3.8) is 0 Å². The summed E-state index contributed by atoms with van der Waals surface area (Å²) >= 11 is 0. The molecule has 1 unspecified atom stereocenters. The molecule has 15 amide bonds. The highest BCUT2D eigenvalue weighted by Crippen LogP contribution is 2.36. The van der Waals surface area contributed by atoms with Crippen molar-refractivity contribution in [1.82, 2.24) is 72.9 Å². The summed E-state index contributed by atoms with van der Waals surface area (Å²) in [6, 6.07) is -4.67. The van der Waals surface area contributed by atoms with Crippen LogP contribution in [0.15, 0.2) is 65.8 Å². The minimum atomic E-state index is -5.43. The van der Waals surface area contributed by atoms with Crippen LogP contribution in [-0.4, -0.2) is 269 Å². The zero-order valence-corrected chi connectivity index (χ0v) is 71.3. The van der Waals surface area contributed by atoms with Gasteiger partial charge in [0, 0.05) is 75.9 Å². The molecule has 668 valence electrons. The van der Waals surface area contributed by atoms with E-state index in [9.17, 15) is 70.8 Å². The van der Waals surface area contributed by atoms with Crippen LogP contribution in [0.1, 0.15) is 151 Å². The summed E-state index contributed by atoms with van der Waals surface area (Å²) < 4.78 is 42.3. The highest BCUT2D eigenvalue weighted by Gasteiger charge is 2.47. The summed E-state index contributed by atoms with van der Waals surface area (Å²) in [5.41, 5.74) is 21.8. The zero-order chi connectivity index (χ0) is 90.9. The van der Waals surface area contributed by atoms with Crippen molar-refractivity contribution < 1.29 is 104 Å². The topological polar surface area (TPSA) is 636 Å². The summed E-state index contributed by atoms with van der Waals surface area (Å²) in [6.07, 6.45) is -4.93. The van der Waals surface area contributed by atoms with Gasteiger partial charge in [0.15, 0.2) is 11.7 Å². The number of aliphatic imine (C=N–C) groups is 1. The molecule has 2 aliphatic heterocycles. The number of likely N-dealkylation sites (tertiary alicyclic amines) is 1. The molecule has 21 N–H and O–H groups in total. The van der Waals surface area contributed by atoms with Crippen LogP contribution in [0.25, 0.3) is 10.9 Å². The number of fused-ring (bicyclic) bond motifs is 1. The van der Waals surface area contributed by atoms with Crippen molar-refractivity contribution in [3.8, 4) is 0 Å². The van der Waals surface area contributed by atoms with Crippen LogP contribution >= 0.6 is 0 Å². The first kappa shape index (κ1) is 99.9. The normalized spacial score (nSPS) is 20.7. The molecule has 41 nitrogen and oxygen atoms in total. The largest absolute Gasteiger partial charge is 0.459 e. The van der Waals surface area contributed by atoms with Crippen LogP contribution in [-0.2, 0) is 109 Å². The number of rotatable bonds is 38. The van der Waals surface area contributed by atoms with E-state index in [0.29, 0.717) is 44.7 Å². The van der Waals surface area contributed by atoms with E-state index in [4.69, 9.17) is 27.7 Å². The van der Waals surface area contributed by atoms with Crippen LogP contribution in [0.3, 0.4) is 0 Å². The van der Waals surface area contributed by atoms with Gasteiger partial charge in [-0.25, -0.2) is 0 Å². The quantitative estimate of drug-likeness (QED) is 0.00654. The van der Waals surface area contributed by atoms with E-state index < -0.39 is 262 Å². The van der Waals surface area contributed by atoms with E-state index >= 15 is 28.8 Å². The van der Waals surface area contributed by atoms with Gasteiger partial charge >= 0.3 is 5.97 Å². The van der Waals surface area contributed by atoms with Crippen LogP contribution in [0.5, 0.6) is 0 Å². The molecule has 2 fully saturated rings. The number of esters is 1. The minimum Gasteiger partial charge on any atom is -0.459 e. The highest BCUT2D eigenvalue weighted by molar-refractivity contribution is 7.85. The number of nitrogens with two attached hydrogens (primary N) is 4. The summed E-state index contributed by atoms with van der Waals surface area (Å²) in [5, 5.41) is 36.2. The number of nitrogens with zero attached hydrogens (tertiary/aromatic N) is 4. The third-order valence-corrected chi connectivity index (χ3v) is 21.9. The lowest BCUT2D eigenvalue weighted by molar-refractivity contribution is -0.158. The first-order valence-electron chi connectivity index (χ1n) is 39.8. The number of cyclic esters (lactones) is 1. The van der Waals surface area contributed by atoms with Gasteiger partial charge < -0.3 is 106 Å². The van der Waals surface area contributed by atoms with Gasteiger partial charge in [0.25, 0.3) is 10.1 Å². The number of hydrogen-bond donors (Lipinski definition) is 17. The van der Waals surface area contributed by atoms with Gasteiger partial charge in [0.05, 0.1) is 18.6 Å². The fraction of sp³-hybridized carbons (Fsp3) is 0.595. The molecule has 2 aromatic carbocycles. The number of ether oxygens (including phenoxy) is 1. The molecule has 5 rings (SSSR count). The first-order chi connectivity index (χ1) is 56.5. The second-order valence-corrected chi connectivity index (χ2v) is 34.3. The Morgan fingerprint density at radius 2 is 1.34 bits per heavy atom. The molecule has 0 bridgehead atoms. The molecular formula is C79H119N19O22S. The number of aromatic nitrogens is 1. The predicted molar refractivity (Wildman–Crippen MR) is 439 cm³/mol. The molecule has 3 aromatic rings. The Morgan fingerprint density at radius 3 is 1.93 bits per heavy atom. The number of carbonyl (C=O) groups excluding carboxylic acids is 17. The summed E-state index contributed by atoms with van der Waals surface area (Å²) in [5.74, 6) is -21.1. The summed E-state index contributed by atoms with van der Waals surface area (Å²) in [7, 11) is -3.44. The summed E-state index contributed by atoms with van der Waals surface area (Å²) in [4.78, 5) is 251. The number of aliphatic hydroxyl groups excluding tert-OH is 1. The molecule has 0 radical (unpaired) electrons. The number of carbonyl (C=O) groups is 17. The number of Topliss-reactive ketones (excluding diaryl/α,β-unsaturated/α-hetero) is 1. The monoisotopic (exact) mass is 1720 g/mol. The fourth-order valence-electron chi connectivity index (χ4n) is 14.0. The minimum absolute atomic E-state index is 0.0164. The number of aliphatic hydroxyl groups is 1. The Labute approximate surface area is 701 Å². The van der Waals surface area contributed by atoms with Gasteiger partial charge in [-0.1, -0.05) is 110 Å². The molecule has 3 heterocycles. The number of aromatic amines is 1. The average molecular weight is 1720 g/mol. The van der Waals surface area contributed by atoms with E-state index in [0.717, 1.165) is 27.9 Å². The lowest BCUT2D eigenvalue weighted by atomic mass is 9.71. The molecule has 0 saturated carbocycles. The Hall–Kier alpha value is -11.7. The Balaban J connectivity index is 1.57. The number of para-hydroxylation sites is 1. The first-order valence-corrected chi connectivity index (χ1v) is 41.4. The standard InChI is InChI=1S/C79H119N19O22S/c1-14-79(10,11)48(35-58(101)64(78(7,8)9)95-72(112)57-27-21-31-98(57)75(115)53(33-45-22-16-15-17-23-45)90-65(105)42(4)86-40-99)66(106)88-52(34-46-37-85-49-25-19-18-24-47(46)49)68(108)87-50(26-20-30-84-77(82)83)67(107)92-55(39-121(117,118)119)70(110)94-63-44(6)120-61(104)38-96(12)74(114)54(36-60(81)103)91-73(113)62(43(5)100)93-69(109)51(32-41(2)3)89-71(111)56(28-29-59(80)102)97(13)76(63)116/h15-19,22-25,37,40-44,48,50-57,62-64,85,100H,14,20-21,26-36,38-39H2,1-13H3,(H2,80,102)(H2,81,103)(H,86,99)(H,87,108)(H,88,106)(H,89,111)(H,90,105)(H,91,113)(H,92,107)(H,93,109)(H,94,110)(H,95,112)(H4,82,83,84)(H,117,118,119)/t42-,43-,44-,48-,50+,51-,52-,53+,54+,55-,56+,57+,62?,63+,64+/m1/s1. The number of benzene rings is 2. The number of H-pyrrole nitrogens is 1. The van der Waals surface area contributed by atoms with Gasteiger partial charge in [-0.05, 0) is 93.2 Å². The second-order valence-electron chi connectivity index (χ2n) is 32.8. The van der Waals surface area contributed by atoms with Gasteiger partial charge in [0.2, 0.25) is 89.1 Å². The predicted octanol–water partition coefficient (Wildman–Crippen LogP) is -3.76. The Morgan fingerprint density at radius 1 is 0.727 bits per heavy atom. The SMILES string of the molecule is CCC(C)(C)[C@H](CC(=O)[C@H](NC(=O)[C@@H]1CCCN1C(=O)[C@H](Cc1ccccc1)NC(=O)[C@@H](C)NC=O)C(C)(C)C)C(=O)N[C@H](Cc1c[nH]c2ccccc12)C(=O)N[C@@H](CCCN=C(N)N)C(=O)N[C@H](CS(=O)(=O)O)C(=O)N[C@@H]1C(=O)N(C)[C@@H](CCC(N)=O)C(=O)N[C@H](CC(C)C)C(=O)NC([C@@H](C)O)C(=O)N[C@@H](CC(N)=O)C(=O)N(C)CC(=O)O[C@@H]1C. The number of amides is 15. The Kier molecular flexibility index (Phi) is 37.2. The maximum Gasteiger partial charge on any atom is 0.325 e. The molecule has 1 aromatic heterocycles. The van der Waals surface area contributed by atoms with E-state index in [2.05, 4.69) is 63.1 Å². The average Bonchev–Trinajstić information content (AvgIpc) is 1.79. The molecule has 42 heteroatoms. The molecule has 0 aliphatic carbocycles. The number of primary amides is 2. The molecule has 2 saturated heterocycles.